The van der Waals surface area contributed by atoms with Crippen LogP contribution in [0.2, 0.25) is 0 Å². The largest absolute Gasteiger partial charge is 0.477 e. The summed E-state index contributed by atoms with van der Waals surface area (Å²) in [4.78, 5) is 13.6. The molecule has 0 bridgehead atoms. The molecule has 1 aromatic heterocycles. The summed E-state index contributed by atoms with van der Waals surface area (Å²) in [7, 11) is 0. The van der Waals surface area contributed by atoms with E-state index in [1.165, 1.54) is 0 Å². The summed E-state index contributed by atoms with van der Waals surface area (Å²) >= 11 is 1.63. The smallest absolute Gasteiger partial charge is 0.350 e. The highest BCUT2D eigenvalue weighted by Gasteiger charge is 2.30. The molecule has 0 atom stereocenters. The average molecular weight is 424 g/mol. The molecule has 4 nitrogen and oxygen atoms in total. The van der Waals surface area contributed by atoms with Crippen LogP contribution in [0.5, 0.6) is 5.88 Å². The second-order valence-electron chi connectivity index (χ2n) is 7.39. The lowest BCUT2D eigenvalue weighted by atomic mass is 10.1. The maximum atomic E-state index is 13.6. The van der Waals surface area contributed by atoms with Gasteiger partial charge in [0.25, 0.3) is 5.88 Å². The fourth-order valence-corrected chi connectivity index (χ4v) is 4.64. The number of benzene rings is 2. The Kier molecular flexibility index (Phi) is 8.14. The van der Waals surface area contributed by atoms with Gasteiger partial charge in [-0.3, -0.25) is 0 Å². The summed E-state index contributed by atoms with van der Waals surface area (Å²) < 4.78 is 3.62. The minimum absolute atomic E-state index is 0.0600. The summed E-state index contributed by atoms with van der Waals surface area (Å²) in [6, 6.07) is 19.6. The topological polar surface area (TPSA) is 46.1 Å². The Morgan fingerprint density at radius 3 is 2.17 bits per heavy atom. The zero-order valence-electron chi connectivity index (χ0n) is 17.9. The number of hydrogen-bond donors (Lipinski definition) is 1. The van der Waals surface area contributed by atoms with Gasteiger partial charge in [-0.05, 0) is 55.3 Å². The predicted molar refractivity (Wildman–Crippen MR) is 124 cm³/mol. The lowest BCUT2D eigenvalue weighted by molar-refractivity contribution is -0.650. The van der Waals surface area contributed by atoms with E-state index in [1.54, 1.807) is 16.3 Å². The Labute approximate surface area is 183 Å². The van der Waals surface area contributed by atoms with Crippen LogP contribution in [0, 0.1) is 0 Å². The van der Waals surface area contributed by atoms with Crippen molar-refractivity contribution >= 4 is 11.8 Å². The number of unbranched alkanes of at least 4 members (excludes halogenated alkanes) is 3. The van der Waals surface area contributed by atoms with Crippen LogP contribution in [0.4, 0.5) is 0 Å². The van der Waals surface area contributed by atoms with E-state index in [4.69, 9.17) is 0 Å². The maximum Gasteiger partial charge on any atom is 0.350 e. The highest BCUT2D eigenvalue weighted by molar-refractivity contribution is 7.99. The Balaban J connectivity index is 2.27. The van der Waals surface area contributed by atoms with Gasteiger partial charge in [-0.1, -0.05) is 69.5 Å². The van der Waals surface area contributed by atoms with E-state index in [9.17, 15) is 9.90 Å². The molecule has 0 unspecified atom stereocenters. The third-order valence-corrected chi connectivity index (χ3v) is 6.23. The molecule has 30 heavy (non-hydrogen) atoms. The number of rotatable bonds is 10. The number of aromatic hydroxyl groups is 1. The summed E-state index contributed by atoms with van der Waals surface area (Å²) in [6.45, 7) is 4.28. The number of thioether (sulfide) groups is 1. The van der Waals surface area contributed by atoms with E-state index in [0.29, 0.717) is 12.0 Å². The fraction of sp³-hybridized carbons (Fsp3) is 0.360. The van der Waals surface area contributed by atoms with Crippen LogP contribution in [0.1, 0.15) is 51.5 Å². The van der Waals surface area contributed by atoms with Crippen molar-refractivity contribution in [2.45, 2.75) is 57.5 Å². The van der Waals surface area contributed by atoms with Crippen LogP contribution < -0.4 is 10.1 Å². The van der Waals surface area contributed by atoms with Gasteiger partial charge in [-0.15, -0.1) is 0 Å². The second-order valence-corrected chi connectivity index (χ2v) is 8.45. The van der Waals surface area contributed by atoms with Crippen LogP contribution in [0.15, 0.2) is 70.6 Å². The quantitative estimate of drug-likeness (QED) is 0.204. The van der Waals surface area contributed by atoms with Gasteiger partial charge in [0.1, 0.15) is 16.9 Å². The zero-order valence-corrected chi connectivity index (χ0v) is 18.7. The molecule has 3 rings (SSSR count). The molecule has 3 aromatic rings. The molecule has 0 spiro atoms. The summed E-state index contributed by atoms with van der Waals surface area (Å²) in [5.41, 5.74) is 2.03. The highest BCUT2D eigenvalue weighted by Crippen LogP contribution is 2.25. The van der Waals surface area contributed by atoms with Crippen LogP contribution in [-0.2, 0) is 6.42 Å². The van der Waals surface area contributed by atoms with Gasteiger partial charge in [0.05, 0.1) is 0 Å². The van der Waals surface area contributed by atoms with Crippen LogP contribution in [-0.4, -0.2) is 15.4 Å². The third-order valence-electron chi connectivity index (χ3n) is 5.11. The van der Waals surface area contributed by atoms with Gasteiger partial charge in [0.2, 0.25) is 0 Å². The van der Waals surface area contributed by atoms with Crippen molar-refractivity contribution in [3.05, 3.63) is 76.6 Å². The van der Waals surface area contributed by atoms with Crippen molar-refractivity contribution in [2.75, 3.05) is 5.75 Å². The van der Waals surface area contributed by atoms with Gasteiger partial charge in [-0.2, -0.15) is 9.13 Å². The van der Waals surface area contributed by atoms with Crippen LogP contribution in [0.25, 0.3) is 11.4 Å². The molecule has 0 saturated heterocycles. The lowest BCUT2D eigenvalue weighted by Crippen LogP contribution is -2.43. The summed E-state index contributed by atoms with van der Waals surface area (Å²) in [6.07, 6.45) is 5.73. The number of aromatic nitrogens is 2. The van der Waals surface area contributed by atoms with Gasteiger partial charge >= 0.3 is 10.7 Å². The van der Waals surface area contributed by atoms with Crippen molar-refractivity contribution in [1.82, 2.24) is 4.57 Å². The Morgan fingerprint density at radius 2 is 1.53 bits per heavy atom. The lowest BCUT2D eigenvalue weighted by Gasteiger charge is -2.14. The first-order valence-electron chi connectivity index (χ1n) is 10.9. The van der Waals surface area contributed by atoms with Gasteiger partial charge in [0, 0.05) is 5.75 Å². The maximum absolute atomic E-state index is 13.6. The minimum Gasteiger partial charge on any atom is -0.477 e. The van der Waals surface area contributed by atoms with Crippen molar-refractivity contribution in [1.29, 1.82) is 0 Å². The van der Waals surface area contributed by atoms with E-state index in [0.717, 1.165) is 54.4 Å². The van der Waals surface area contributed by atoms with E-state index >= 15 is 0 Å². The average Bonchev–Trinajstić information content (AvgIpc) is 2.78. The number of para-hydroxylation sites is 2. The monoisotopic (exact) mass is 423 g/mol. The van der Waals surface area contributed by atoms with Crippen molar-refractivity contribution in [3.63, 3.8) is 0 Å². The Morgan fingerprint density at radius 1 is 0.900 bits per heavy atom. The predicted octanol–water partition coefficient (Wildman–Crippen LogP) is 5.44. The molecular weight excluding hydrogens is 392 g/mol. The standard InChI is InChI=1S/C25H30N2O2S/c1-3-5-13-19-30-25-26(20-14-9-7-10-15-20)23(28)22(18-6-4-2)24(29)27(25)21-16-11-8-12-17-21/h7-12,14-17H,3-6,13,18-19H2,1-2H3/p+1. The van der Waals surface area contributed by atoms with Gasteiger partial charge < -0.3 is 5.11 Å². The van der Waals surface area contributed by atoms with Gasteiger partial charge in [-0.25, -0.2) is 4.79 Å². The first-order chi connectivity index (χ1) is 14.7. The normalized spacial score (nSPS) is 11.0. The van der Waals surface area contributed by atoms with E-state index < -0.39 is 0 Å². The first kappa shape index (κ1) is 22.2. The molecule has 0 radical (unpaired) electrons. The third kappa shape index (κ3) is 4.96. The molecule has 1 N–H and O–H groups in total. The van der Waals surface area contributed by atoms with E-state index in [-0.39, 0.29) is 11.4 Å². The number of nitrogens with zero attached hydrogens (tertiary/aromatic N) is 2. The molecule has 0 amide bonds. The fourth-order valence-electron chi connectivity index (χ4n) is 3.47. The molecule has 2 aromatic carbocycles. The zero-order chi connectivity index (χ0) is 21.3. The van der Waals surface area contributed by atoms with E-state index in [1.807, 2.05) is 65.2 Å². The van der Waals surface area contributed by atoms with E-state index in [2.05, 4.69) is 13.8 Å². The van der Waals surface area contributed by atoms with Crippen molar-refractivity contribution < 1.29 is 9.67 Å². The molecular formula is C25H31N2O2S+. The van der Waals surface area contributed by atoms with Crippen LogP contribution in [0.3, 0.4) is 0 Å². The molecule has 158 valence electrons. The molecule has 0 saturated carbocycles. The molecule has 0 fully saturated rings. The van der Waals surface area contributed by atoms with Gasteiger partial charge in [0.15, 0.2) is 0 Å². The molecule has 0 aliphatic rings. The number of hydrogen-bond acceptors (Lipinski definition) is 3. The first-order valence-corrected chi connectivity index (χ1v) is 11.8. The summed E-state index contributed by atoms with van der Waals surface area (Å²) in [5, 5.41) is 12.0. The SMILES string of the molecule is CCCCCSc1n(-c2ccccc2)c(=O)c(CCCC)c(O)[n+]1-c1ccccc1. The second kappa shape index (κ2) is 11.0. The van der Waals surface area contributed by atoms with Crippen molar-refractivity contribution in [2.24, 2.45) is 0 Å². The Bertz CT molecular complexity index is 1000. The Hall–Kier alpha value is -2.53. The molecule has 5 heteroatoms. The summed E-state index contributed by atoms with van der Waals surface area (Å²) in [5.74, 6) is 0.950. The highest BCUT2D eigenvalue weighted by atomic mass is 32.2. The molecule has 0 aliphatic heterocycles. The van der Waals surface area contributed by atoms with Crippen molar-refractivity contribution in [3.8, 4) is 17.3 Å². The molecule has 1 heterocycles. The molecule has 0 aliphatic carbocycles. The van der Waals surface area contributed by atoms with Crippen LogP contribution >= 0.6 is 11.8 Å². The minimum atomic E-state index is -0.127.